The molecule has 1 aromatic carbocycles. The van der Waals surface area contributed by atoms with Gasteiger partial charge in [0.15, 0.2) is 0 Å². The minimum atomic E-state index is -0.180. The Morgan fingerprint density at radius 1 is 1.11 bits per heavy atom. The molecule has 1 rings (SSSR count). The van der Waals surface area contributed by atoms with E-state index in [1.807, 2.05) is 0 Å². The minimum absolute atomic E-state index is 0.180. The summed E-state index contributed by atoms with van der Waals surface area (Å²) in [5.74, 6) is 0.443. The first-order chi connectivity index (χ1) is 8.69. The van der Waals surface area contributed by atoms with Crippen LogP contribution in [0.4, 0.5) is 0 Å². The Morgan fingerprint density at radius 2 is 1.83 bits per heavy atom. The Bertz CT molecular complexity index is 371. The molecule has 0 radical (unpaired) electrons. The van der Waals surface area contributed by atoms with Gasteiger partial charge in [-0.05, 0) is 12.1 Å². The zero-order valence-corrected chi connectivity index (χ0v) is 11.6. The molecule has 4 nitrogen and oxygen atoms in total. The lowest BCUT2D eigenvalue weighted by atomic mass is 10.2. The highest BCUT2D eigenvalue weighted by atomic mass is 35.5. The highest BCUT2D eigenvalue weighted by Crippen LogP contribution is 2.32. The van der Waals surface area contributed by atoms with Crippen LogP contribution in [0, 0.1) is 0 Å². The topological polar surface area (TPSA) is 47.9 Å². The normalized spacial score (nSPS) is 10.7. The SMILES string of the molecule is COCCOCCOc1c(Cl)cc(Cl)cc1CO. The monoisotopic (exact) mass is 294 g/mol. The fourth-order valence-corrected chi connectivity index (χ4v) is 1.93. The summed E-state index contributed by atoms with van der Waals surface area (Å²) in [6.45, 7) is 1.65. The molecule has 0 aliphatic heterocycles. The Labute approximate surface area is 116 Å². The van der Waals surface area contributed by atoms with Crippen LogP contribution in [0.1, 0.15) is 5.56 Å². The fourth-order valence-electron chi connectivity index (χ4n) is 1.34. The van der Waals surface area contributed by atoms with Crippen molar-refractivity contribution >= 4 is 23.2 Å². The van der Waals surface area contributed by atoms with Gasteiger partial charge >= 0.3 is 0 Å². The summed E-state index contributed by atoms with van der Waals surface area (Å²) >= 11 is 11.8. The number of hydrogen-bond donors (Lipinski definition) is 1. The van der Waals surface area contributed by atoms with Gasteiger partial charge in [0.1, 0.15) is 12.4 Å². The number of benzene rings is 1. The van der Waals surface area contributed by atoms with Gasteiger partial charge in [0.05, 0.1) is 31.5 Å². The standard InChI is InChI=1S/C12H16Cl2O4/c1-16-2-3-17-4-5-18-12-9(8-15)6-10(13)7-11(12)14/h6-7,15H,2-5,8H2,1H3. The van der Waals surface area contributed by atoms with Gasteiger partial charge in [-0.3, -0.25) is 0 Å². The van der Waals surface area contributed by atoms with Crippen molar-refractivity contribution < 1.29 is 19.3 Å². The fraction of sp³-hybridized carbons (Fsp3) is 0.500. The third-order valence-corrected chi connectivity index (χ3v) is 2.66. The molecule has 0 aliphatic carbocycles. The lowest BCUT2D eigenvalue weighted by Gasteiger charge is -2.12. The van der Waals surface area contributed by atoms with Crippen molar-refractivity contribution in [1.29, 1.82) is 0 Å². The van der Waals surface area contributed by atoms with Crippen LogP contribution < -0.4 is 4.74 Å². The van der Waals surface area contributed by atoms with Gasteiger partial charge < -0.3 is 19.3 Å². The number of ether oxygens (including phenoxy) is 3. The van der Waals surface area contributed by atoms with Crippen LogP contribution in [0.5, 0.6) is 5.75 Å². The smallest absolute Gasteiger partial charge is 0.143 e. The molecule has 6 heteroatoms. The van der Waals surface area contributed by atoms with Gasteiger partial charge in [0.2, 0.25) is 0 Å². The van der Waals surface area contributed by atoms with Crippen molar-refractivity contribution in [2.45, 2.75) is 6.61 Å². The Balaban J connectivity index is 2.46. The number of aliphatic hydroxyl groups is 1. The van der Waals surface area contributed by atoms with E-state index < -0.39 is 0 Å². The molecule has 1 N–H and O–H groups in total. The van der Waals surface area contributed by atoms with E-state index in [1.165, 1.54) is 0 Å². The molecule has 0 aromatic heterocycles. The van der Waals surface area contributed by atoms with Crippen molar-refractivity contribution in [3.05, 3.63) is 27.7 Å². The summed E-state index contributed by atoms with van der Waals surface area (Å²) in [4.78, 5) is 0. The highest BCUT2D eigenvalue weighted by Gasteiger charge is 2.09. The van der Waals surface area contributed by atoms with Crippen LogP contribution in [0.2, 0.25) is 10.0 Å². The molecule has 102 valence electrons. The maximum absolute atomic E-state index is 9.19. The lowest BCUT2D eigenvalue weighted by molar-refractivity contribution is 0.0541. The van der Waals surface area contributed by atoms with Gasteiger partial charge in [-0.15, -0.1) is 0 Å². The predicted octanol–water partition coefficient (Wildman–Crippen LogP) is 2.53. The molecule has 0 bridgehead atoms. The second-order valence-electron chi connectivity index (χ2n) is 3.49. The molecular weight excluding hydrogens is 279 g/mol. The first-order valence-electron chi connectivity index (χ1n) is 5.47. The lowest BCUT2D eigenvalue weighted by Crippen LogP contribution is -2.11. The summed E-state index contributed by atoms with van der Waals surface area (Å²) in [5.41, 5.74) is 0.560. The summed E-state index contributed by atoms with van der Waals surface area (Å²) in [5, 5.41) is 10.0. The average Bonchev–Trinajstić information content (AvgIpc) is 2.35. The average molecular weight is 295 g/mol. The zero-order valence-electron chi connectivity index (χ0n) is 10.1. The van der Waals surface area contributed by atoms with Crippen LogP contribution in [0.15, 0.2) is 12.1 Å². The summed E-state index contributed by atoms with van der Waals surface area (Å²) < 4.78 is 15.6. The Morgan fingerprint density at radius 3 is 2.50 bits per heavy atom. The number of hydrogen-bond acceptors (Lipinski definition) is 4. The van der Waals surface area contributed by atoms with Gasteiger partial charge in [0.25, 0.3) is 0 Å². The second-order valence-corrected chi connectivity index (χ2v) is 4.33. The minimum Gasteiger partial charge on any atom is -0.489 e. The molecule has 0 heterocycles. The van der Waals surface area contributed by atoms with E-state index in [-0.39, 0.29) is 6.61 Å². The Hall–Kier alpha value is -0.520. The maximum atomic E-state index is 9.19. The first-order valence-corrected chi connectivity index (χ1v) is 6.23. The van der Waals surface area contributed by atoms with Crippen LogP contribution in [-0.4, -0.2) is 38.6 Å². The summed E-state index contributed by atoms with van der Waals surface area (Å²) in [7, 11) is 1.61. The third kappa shape index (κ3) is 5.00. The van der Waals surface area contributed by atoms with Crippen LogP contribution in [0.25, 0.3) is 0 Å². The molecule has 0 fully saturated rings. The number of aliphatic hydroxyl groups excluding tert-OH is 1. The third-order valence-electron chi connectivity index (χ3n) is 2.16. The molecule has 0 atom stereocenters. The van der Waals surface area contributed by atoms with Gasteiger partial charge in [0, 0.05) is 17.7 Å². The van der Waals surface area contributed by atoms with Crippen LogP contribution >= 0.6 is 23.2 Å². The molecule has 1 aromatic rings. The summed E-state index contributed by atoms with van der Waals surface area (Å²) in [6, 6.07) is 3.19. The first kappa shape index (κ1) is 15.5. The van der Waals surface area contributed by atoms with E-state index in [4.69, 9.17) is 37.4 Å². The zero-order chi connectivity index (χ0) is 13.4. The van der Waals surface area contributed by atoms with Gasteiger partial charge in [-0.25, -0.2) is 0 Å². The van der Waals surface area contributed by atoms with Crippen molar-refractivity contribution in [3.63, 3.8) is 0 Å². The second kappa shape index (κ2) is 8.56. The number of rotatable bonds is 8. The van der Waals surface area contributed by atoms with Gasteiger partial charge in [-0.1, -0.05) is 23.2 Å². The molecule has 0 spiro atoms. The van der Waals surface area contributed by atoms with E-state index in [1.54, 1.807) is 19.2 Å². The van der Waals surface area contributed by atoms with E-state index in [9.17, 15) is 5.11 Å². The molecule has 0 unspecified atom stereocenters. The number of halogens is 2. The quantitative estimate of drug-likeness (QED) is 0.749. The molecule has 0 amide bonds. The largest absolute Gasteiger partial charge is 0.489 e. The Kier molecular flexibility index (Phi) is 7.39. The predicted molar refractivity (Wildman–Crippen MR) is 70.6 cm³/mol. The molecule has 0 saturated carbocycles. The van der Waals surface area contributed by atoms with Gasteiger partial charge in [-0.2, -0.15) is 0 Å². The summed E-state index contributed by atoms with van der Waals surface area (Å²) in [6.07, 6.45) is 0. The van der Waals surface area contributed by atoms with Crippen molar-refractivity contribution in [3.8, 4) is 5.75 Å². The molecule has 0 aliphatic rings. The maximum Gasteiger partial charge on any atom is 0.143 e. The van der Waals surface area contributed by atoms with Crippen LogP contribution in [-0.2, 0) is 16.1 Å². The van der Waals surface area contributed by atoms with E-state index in [0.29, 0.717) is 47.8 Å². The number of methoxy groups -OCH3 is 1. The van der Waals surface area contributed by atoms with E-state index in [0.717, 1.165) is 0 Å². The molecule has 0 saturated heterocycles. The highest BCUT2D eigenvalue weighted by molar-refractivity contribution is 6.35. The van der Waals surface area contributed by atoms with E-state index in [2.05, 4.69) is 0 Å². The van der Waals surface area contributed by atoms with Crippen molar-refractivity contribution in [2.24, 2.45) is 0 Å². The van der Waals surface area contributed by atoms with Crippen molar-refractivity contribution in [2.75, 3.05) is 33.5 Å². The molecular formula is C12H16Cl2O4. The van der Waals surface area contributed by atoms with Crippen LogP contribution in [0.3, 0.4) is 0 Å². The van der Waals surface area contributed by atoms with E-state index >= 15 is 0 Å². The molecule has 18 heavy (non-hydrogen) atoms. The van der Waals surface area contributed by atoms with Crippen molar-refractivity contribution in [1.82, 2.24) is 0 Å².